The second-order valence-electron chi connectivity index (χ2n) is 11.3. The third-order valence-corrected chi connectivity index (χ3v) is 10.1. The van der Waals surface area contributed by atoms with E-state index in [1.54, 1.807) is 28.6 Å². The lowest BCUT2D eigenvalue weighted by Gasteiger charge is -2.39. The van der Waals surface area contributed by atoms with Crippen molar-refractivity contribution in [1.82, 2.24) is 9.29 Å². The lowest BCUT2D eigenvalue weighted by Crippen LogP contribution is -2.37. The number of thiazole rings is 1. The molecule has 2 atom stereocenters. The number of esters is 1. The molecule has 1 aliphatic carbocycles. The number of sulfonamides is 1. The minimum absolute atomic E-state index is 0.00470. The zero-order valence-corrected chi connectivity index (χ0v) is 23.5. The maximum absolute atomic E-state index is 13.5. The smallest absolute Gasteiger partial charge is 0.337 e. The number of carbonyl (C=O) groups is 2. The van der Waals surface area contributed by atoms with E-state index in [4.69, 9.17) is 4.74 Å². The van der Waals surface area contributed by atoms with Gasteiger partial charge in [-0.2, -0.15) is 4.31 Å². The third-order valence-electron chi connectivity index (χ3n) is 7.42. The first kappa shape index (κ1) is 26.5. The van der Waals surface area contributed by atoms with Crippen molar-refractivity contribution in [1.29, 1.82) is 0 Å². The van der Waals surface area contributed by atoms with Crippen LogP contribution in [0.3, 0.4) is 0 Å². The van der Waals surface area contributed by atoms with Crippen molar-refractivity contribution in [3.63, 3.8) is 0 Å². The van der Waals surface area contributed by atoms with E-state index in [0.29, 0.717) is 28.5 Å². The van der Waals surface area contributed by atoms with E-state index in [2.05, 4.69) is 31.1 Å². The van der Waals surface area contributed by atoms with Gasteiger partial charge >= 0.3 is 5.97 Å². The third kappa shape index (κ3) is 5.12. The molecule has 10 heteroatoms. The molecule has 1 N–H and O–H groups in total. The van der Waals surface area contributed by atoms with Crippen molar-refractivity contribution in [2.75, 3.05) is 19.0 Å². The molecule has 2 unspecified atom stereocenters. The molecule has 5 rings (SSSR count). The summed E-state index contributed by atoms with van der Waals surface area (Å²) in [5, 5.41) is 5.01. The van der Waals surface area contributed by atoms with Gasteiger partial charge in [-0.3, -0.25) is 10.1 Å². The number of nitrogens with one attached hydrogen (secondary N) is 1. The van der Waals surface area contributed by atoms with Gasteiger partial charge in [-0.1, -0.05) is 32.9 Å². The van der Waals surface area contributed by atoms with Crippen LogP contribution < -0.4 is 5.32 Å². The van der Waals surface area contributed by atoms with Crippen LogP contribution in [0.25, 0.3) is 11.3 Å². The molecule has 2 heterocycles. The summed E-state index contributed by atoms with van der Waals surface area (Å²) in [5.74, 6) is -0.787. The highest BCUT2D eigenvalue weighted by Gasteiger charge is 2.53. The molecule has 1 aromatic heterocycles. The van der Waals surface area contributed by atoms with E-state index in [-0.39, 0.29) is 27.7 Å². The fraction of sp³-hybridized carbons (Fsp3) is 0.393. The van der Waals surface area contributed by atoms with Crippen molar-refractivity contribution in [2.24, 2.45) is 10.8 Å². The number of hydrogen-bond acceptors (Lipinski definition) is 7. The van der Waals surface area contributed by atoms with Gasteiger partial charge < -0.3 is 4.74 Å². The van der Waals surface area contributed by atoms with E-state index >= 15 is 0 Å². The summed E-state index contributed by atoms with van der Waals surface area (Å²) in [4.78, 5) is 29.1. The number of ether oxygens (including phenoxy) is 1. The Bertz CT molecular complexity index is 1480. The molecule has 1 saturated heterocycles. The van der Waals surface area contributed by atoms with Crippen LogP contribution >= 0.6 is 11.3 Å². The van der Waals surface area contributed by atoms with E-state index < -0.39 is 16.0 Å². The largest absolute Gasteiger partial charge is 0.465 e. The van der Waals surface area contributed by atoms with Gasteiger partial charge in [0.05, 0.1) is 23.3 Å². The van der Waals surface area contributed by atoms with Crippen LogP contribution in [-0.4, -0.2) is 49.3 Å². The number of aromatic nitrogens is 1. The summed E-state index contributed by atoms with van der Waals surface area (Å²) < 4.78 is 33.4. The van der Waals surface area contributed by atoms with E-state index in [1.165, 1.54) is 42.7 Å². The molecule has 0 spiro atoms. The molecule has 8 nitrogen and oxygen atoms in total. The number of carbonyl (C=O) groups excluding carboxylic acids is 2. The zero-order chi connectivity index (χ0) is 27.3. The molecule has 2 aromatic carbocycles. The van der Waals surface area contributed by atoms with Crippen molar-refractivity contribution < 1.29 is 22.7 Å². The Morgan fingerprint density at radius 3 is 2.34 bits per heavy atom. The normalized spacial score (nSPS) is 22.7. The Morgan fingerprint density at radius 2 is 1.68 bits per heavy atom. The SMILES string of the molecule is COC(=O)c1ccc(-c2csc(NC(=O)c3ccc(S(=O)(=O)N4CC5(C)CC4CC(C)(C)C5)cc3)n2)cc1. The molecule has 38 heavy (non-hydrogen) atoms. The average Bonchev–Trinajstić information content (AvgIpc) is 3.44. The van der Waals surface area contributed by atoms with Crippen molar-refractivity contribution in [2.45, 2.75) is 51.0 Å². The monoisotopic (exact) mass is 553 g/mol. The summed E-state index contributed by atoms with van der Waals surface area (Å²) in [6, 6.07) is 12.9. The first-order chi connectivity index (χ1) is 17.9. The molecule has 0 radical (unpaired) electrons. The summed E-state index contributed by atoms with van der Waals surface area (Å²) in [7, 11) is -2.33. The highest BCUT2D eigenvalue weighted by atomic mass is 32.2. The van der Waals surface area contributed by atoms with Crippen LogP contribution in [-0.2, 0) is 14.8 Å². The predicted molar refractivity (Wildman–Crippen MR) is 147 cm³/mol. The Balaban J connectivity index is 1.27. The number of nitrogens with zero attached hydrogens (tertiary/aromatic N) is 2. The fourth-order valence-electron chi connectivity index (χ4n) is 6.13. The van der Waals surface area contributed by atoms with Gasteiger partial charge in [0, 0.05) is 29.1 Å². The first-order valence-corrected chi connectivity index (χ1v) is 14.8. The molecule has 1 aliphatic heterocycles. The lowest BCUT2D eigenvalue weighted by atomic mass is 9.65. The number of anilines is 1. The zero-order valence-electron chi connectivity index (χ0n) is 21.9. The summed E-state index contributed by atoms with van der Waals surface area (Å²) in [6.07, 6.45) is 2.76. The Labute approximate surface area is 227 Å². The Kier molecular flexibility index (Phi) is 6.69. The minimum atomic E-state index is -3.66. The first-order valence-electron chi connectivity index (χ1n) is 12.5. The average molecular weight is 554 g/mol. The van der Waals surface area contributed by atoms with Gasteiger partial charge in [0.2, 0.25) is 10.0 Å². The van der Waals surface area contributed by atoms with E-state index in [0.717, 1.165) is 24.8 Å². The van der Waals surface area contributed by atoms with Crippen LogP contribution in [0.5, 0.6) is 0 Å². The number of benzene rings is 2. The molecule has 1 amide bonds. The van der Waals surface area contributed by atoms with Gasteiger partial charge in [0.15, 0.2) is 5.13 Å². The van der Waals surface area contributed by atoms with Crippen molar-refractivity contribution in [3.8, 4) is 11.3 Å². The van der Waals surface area contributed by atoms with E-state index in [9.17, 15) is 18.0 Å². The standard InChI is InChI=1S/C28H31N3O5S2/c1-27(2)13-21-14-28(3,16-27)17-31(21)38(34,35)22-11-9-19(10-12-22)24(32)30-26-29-23(15-37-26)18-5-7-20(8-6-18)25(33)36-4/h5-12,15,21H,13-14,16-17H2,1-4H3,(H,29,30,32). The molecule has 2 fully saturated rings. The second kappa shape index (κ2) is 9.59. The maximum atomic E-state index is 13.5. The molecule has 200 valence electrons. The number of amides is 1. The highest BCUT2D eigenvalue weighted by molar-refractivity contribution is 7.89. The van der Waals surface area contributed by atoms with Crippen LogP contribution in [0.4, 0.5) is 5.13 Å². The van der Waals surface area contributed by atoms with Gasteiger partial charge in [0.25, 0.3) is 5.91 Å². The molecule has 1 saturated carbocycles. The molecule has 2 aliphatic rings. The van der Waals surface area contributed by atoms with Crippen LogP contribution in [0.2, 0.25) is 0 Å². The summed E-state index contributed by atoms with van der Waals surface area (Å²) in [6.45, 7) is 7.15. The number of hydrogen-bond donors (Lipinski definition) is 1. The Hall–Kier alpha value is -3.08. The Morgan fingerprint density at radius 1 is 1.03 bits per heavy atom. The highest BCUT2D eigenvalue weighted by Crippen LogP contribution is 2.53. The predicted octanol–water partition coefficient (Wildman–Crippen LogP) is 5.44. The van der Waals surface area contributed by atoms with Crippen LogP contribution in [0, 0.1) is 10.8 Å². The van der Waals surface area contributed by atoms with E-state index in [1.807, 2.05) is 5.38 Å². The summed E-state index contributed by atoms with van der Waals surface area (Å²) in [5.41, 5.74) is 2.36. The summed E-state index contributed by atoms with van der Waals surface area (Å²) >= 11 is 1.28. The van der Waals surface area contributed by atoms with Gasteiger partial charge in [-0.25, -0.2) is 18.2 Å². The second-order valence-corrected chi connectivity index (χ2v) is 14.1. The van der Waals surface area contributed by atoms with Crippen molar-refractivity contribution >= 4 is 38.4 Å². The minimum Gasteiger partial charge on any atom is -0.465 e. The van der Waals surface area contributed by atoms with Crippen LogP contribution in [0.15, 0.2) is 58.8 Å². The maximum Gasteiger partial charge on any atom is 0.337 e. The molecular weight excluding hydrogens is 522 g/mol. The van der Waals surface area contributed by atoms with Gasteiger partial charge in [-0.05, 0) is 66.5 Å². The number of fused-ring (bicyclic) bond motifs is 2. The number of rotatable bonds is 6. The van der Waals surface area contributed by atoms with Crippen LogP contribution in [0.1, 0.15) is 60.7 Å². The molecule has 2 bridgehead atoms. The fourth-order valence-corrected chi connectivity index (χ4v) is 8.62. The van der Waals surface area contributed by atoms with Gasteiger partial charge in [0.1, 0.15) is 0 Å². The van der Waals surface area contributed by atoms with Crippen molar-refractivity contribution in [3.05, 3.63) is 65.0 Å². The molecule has 3 aromatic rings. The molecular formula is C28H31N3O5S2. The quantitative estimate of drug-likeness (QED) is 0.408. The topological polar surface area (TPSA) is 106 Å². The van der Waals surface area contributed by atoms with Gasteiger partial charge in [-0.15, -0.1) is 11.3 Å². The number of methoxy groups -OCH3 is 1. The lowest BCUT2D eigenvalue weighted by molar-refractivity contribution is 0.0600.